The minimum absolute atomic E-state index is 0.0517. The smallest absolute Gasteiger partial charge is 0.244 e. The van der Waals surface area contributed by atoms with E-state index in [4.69, 9.17) is 10.00 Å². The van der Waals surface area contributed by atoms with Crippen molar-refractivity contribution in [2.45, 2.75) is 18.7 Å². The molecule has 104 valence electrons. The number of rotatable bonds is 7. The van der Waals surface area contributed by atoms with E-state index in [-0.39, 0.29) is 17.0 Å². The molecule has 1 rings (SSSR count). The van der Waals surface area contributed by atoms with Crippen LogP contribution in [0.2, 0.25) is 0 Å². The average molecular weight is 282 g/mol. The lowest BCUT2D eigenvalue weighted by Crippen LogP contribution is -2.34. The topological polar surface area (TPSA) is 70.4 Å². The lowest BCUT2D eigenvalue weighted by atomic mass is 10.2. The Morgan fingerprint density at radius 3 is 2.58 bits per heavy atom. The SMILES string of the molecule is CCOCCN(CC)S(=O)(=O)c1ccccc1C#N. The van der Waals surface area contributed by atoms with Crippen molar-refractivity contribution in [3.05, 3.63) is 29.8 Å². The van der Waals surface area contributed by atoms with E-state index in [0.717, 1.165) is 0 Å². The number of hydrogen-bond acceptors (Lipinski definition) is 4. The number of benzene rings is 1. The summed E-state index contributed by atoms with van der Waals surface area (Å²) >= 11 is 0. The first kappa shape index (κ1) is 15.6. The van der Waals surface area contributed by atoms with Gasteiger partial charge in [-0.1, -0.05) is 19.1 Å². The van der Waals surface area contributed by atoms with Crippen LogP contribution in [0.5, 0.6) is 0 Å². The Balaban J connectivity index is 3.04. The molecule has 1 aromatic carbocycles. The predicted octanol–water partition coefficient (Wildman–Crippen LogP) is 1.61. The molecule has 0 aliphatic rings. The normalized spacial score (nSPS) is 11.5. The summed E-state index contributed by atoms with van der Waals surface area (Å²) in [6.45, 7) is 5.14. The van der Waals surface area contributed by atoms with Crippen LogP contribution in [0, 0.1) is 11.3 Å². The van der Waals surface area contributed by atoms with E-state index >= 15 is 0 Å². The maximum Gasteiger partial charge on any atom is 0.244 e. The molecule has 0 heterocycles. The van der Waals surface area contributed by atoms with E-state index in [1.807, 2.05) is 13.0 Å². The second-order valence-corrected chi connectivity index (χ2v) is 5.71. The second kappa shape index (κ2) is 7.24. The fourth-order valence-corrected chi connectivity index (χ4v) is 3.26. The monoisotopic (exact) mass is 282 g/mol. The number of likely N-dealkylation sites (N-methyl/N-ethyl adjacent to an activating group) is 1. The fraction of sp³-hybridized carbons (Fsp3) is 0.462. The molecular weight excluding hydrogens is 264 g/mol. The van der Waals surface area contributed by atoms with Crippen molar-refractivity contribution in [2.24, 2.45) is 0 Å². The minimum atomic E-state index is -3.64. The van der Waals surface area contributed by atoms with Crippen molar-refractivity contribution >= 4 is 10.0 Å². The molecule has 5 nitrogen and oxygen atoms in total. The summed E-state index contributed by atoms with van der Waals surface area (Å²) in [5.41, 5.74) is 0.164. The van der Waals surface area contributed by atoms with Gasteiger partial charge in [0.1, 0.15) is 6.07 Å². The summed E-state index contributed by atoms with van der Waals surface area (Å²) in [7, 11) is -3.64. The summed E-state index contributed by atoms with van der Waals surface area (Å²) in [5.74, 6) is 0. The first-order valence-electron chi connectivity index (χ1n) is 6.15. The molecular formula is C13H18N2O3S. The Morgan fingerprint density at radius 2 is 2.00 bits per heavy atom. The highest BCUT2D eigenvalue weighted by molar-refractivity contribution is 7.89. The van der Waals surface area contributed by atoms with Crippen LogP contribution in [0.15, 0.2) is 29.2 Å². The zero-order valence-electron chi connectivity index (χ0n) is 11.2. The molecule has 0 spiro atoms. The van der Waals surface area contributed by atoms with Crippen molar-refractivity contribution in [2.75, 3.05) is 26.3 Å². The third-order valence-electron chi connectivity index (χ3n) is 2.67. The molecule has 0 N–H and O–H groups in total. The molecule has 0 aliphatic carbocycles. The number of hydrogen-bond donors (Lipinski definition) is 0. The molecule has 0 fully saturated rings. The van der Waals surface area contributed by atoms with Crippen molar-refractivity contribution in [1.29, 1.82) is 5.26 Å². The van der Waals surface area contributed by atoms with Crippen LogP contribution >= 0.6 is 0 Å². The molecule has 0 amide bonds. The molecule has 0 aromatic heterocycles. The van der Waals surface area contributed by atoms with Gasteiger partial charge in [0.25, 0.3) is 0 Å². The molecule has 19 heavy (non-hydrogen) atoms. The maximum absolute atomic E-state index is 12.5. The van der Waals surface area contributed by atoms with Gasteiger partial charge in [0, 0.05) is 19.7 Å². The van der Waals surface area contributed by atoms with Gasteiger partial charge < -0.3 is 4.74 Å². The van der Waals surface area contributed by atoms with Crippen LogP contribution in [-0.2, 0) is 14.8 Å². The molecule has 0 radical (unpaired) electrons. The van der Waals surface area contributed by atoms with E-state index in [1.54, 1.807) is 19.1 Å². The van der Waals surface area contributed by atoms with Crippen molar-refractivity contribution in [3.8, 4) is 6.07 Å². The first-order chi connectivity index (χ1) is 9.07. The zero-order chi connectivity index (χ0) is 14.3. The molecule has 1 aromatic rings. The van der Waals surface area contributed by atoms with E-state index < -0.39 is 10.0 Å². The largest absolute Gasteiger partial charge is 0.380 e. The van der Waals surface area contributed by atoms with Crippen LogP contribution < -0.4 is 0 Å². The van der Waals surface area contributed by atoms with Crippen molar-refractivity contribution in [1.82, 2.24) is 4.31 Å². The molecule has 0 saturated carbocycles. The number of nitriles is 1. The van der Waals surface area contributed by atoms with Gasteiger partial charge in [0.05, 0.1) is 17.1 Å². The standard InChI is InChI=1S/C13H18N2O3S/c1-3-15(9-10-18-4-2)19(16,17)13-8-6-5-7-12(13)11-14/h5-8H,3-4,9-10H2,1-2H3. The first-order valence-corrected chi connectivity index (χ1v) is 7.59. The van der Waals surface area contributed by atoms with E-state index in [1.165, 1.54) is 16.4 Å². The molecule has 0 aliphatic heterocycles. The highest BCUT2D eigenvalue weighted by atomic mass is 32.2. The van der Waals surface area contributed by atoms with Crippen LogP contribution in [0.4, 0.5) is 0 Å². The average Bonchev–Trinajstić information content (AvgIpc) is 2.43. The highest BCUT2D eigenvalue weighted by Crippen LogP contribution is 2.19. The quantitative estimate of drug-likeness (QED) is 0.712. The predicted molar refractivity (Wildman–Crippen MR) is 72.1 cm³/mol. The Bertz CT molecular complexity index is 549. The summed E-state index contributed by atoms with van der Waals surface area (Å²) < 4.78 is 31.4. The fourth-order valence-electron chi connectivity index (χ4n) is 1.68. The third-order valence-corrected chi connectivity index (χ3v) is 4.70. The van der Waals surface area contributed by atoms with Gasteiger partial charge in [-0.2, -0.15) is 9.57 Å². The van der Waals surface area contributed by atoms with E-state index in [2.05, 4.69) is 0 Å². The number of ether oxygens (including phenoxy) is 1. The van der Waals surface area contributed by atoms with Gasteiger partial charge in [-0.15, -0.1) is 0 Å². The lowest BCUT2D eigenvalue weighted by molar-refractivity contribution is 0.135. The Morgan fingerprint density at radius 1 is 1.32 bits per heavy atom. The second-order valence-electron chi connectivity index (χ2n) is 3.80. The Labute approximate surface area is 114 Å². The zero-order valence-corrected chi connectivity index (χ0v) is 12.0. The van der Waals surface area contributed by atoms with Crippen molar-refractivity contribution < 1.29 is 13.2 Å². The summed E-state index contributed by atoms with van der Waals surface area (Å²) in [6.07, 6.45) is 0. The molecule has 0 saturated heterocycles. The Hall–Kier alpha value is -1.42. The van der Waals surface area contributed by atoms with Gasteiger partial charge >= 0.3 is 0 Å². The van der Waals surface area contributed by atoms with Gasteiger partial charge in [-0.05, 0) is 19.1 Å². The molecule has 0 bridgehead atoms. The molecule has 0 atom stereocenters. The van der Waals surface area contributed by atoms with Gasteiger partial charge in [0.15, 0.2) is 0 Å². The summed E-state index contributed by atoms with van der Waals surface area (Å²) in [6, 6.07) is 8.13. The maximum atomic E-state index is 12.5. The van der Waals surface area contributed by atoms with Gasteiger partial charge in [-0.25, -0.2) is 8.42 Å². The van der Waals surface area contributed by atoms with E-state index in [9.17, 15) is 8.42 Å². The van der Waals surface area contributed by atoms with Crippen LogP contribution in [0.3, 0.4) is 0 Å². The van der Waals surface area contributed by atoms with Gasteiger partial charge in [-0.3, -0.25) is 0 Å². The number of nitrogens with zero attached hydrogens (tertiary/aromatic N) is 2. The lowest BCUT2D eigenvalue weighted by Gasteiger charge is -2.20. The van der Waals surface area contributed by atoms with Crippen LogP contribution in [-0.4, -0.2) is 39.0 Å². The third kappa shape index (κ3) is 3.77. The summed E-state index contributed by atoms with van der Waals surface area (Å²) in [4.78, 5) is 0.0517. The Kier molecular flexibility index (Phi) is 5.96. The van der Waals surface area contributed by atoms with Crippen molar-refractivity contribution in [3.63, 3.8) is 0 Å². The molecule has 6 heteroatoms. The van der Waals surface area contributed by atoms with Crippen LogP contribution in [0.1, 0.15) is 19.4 Å². The minimum Gasteiger partial charge on any atom is -0.380 e. The van der Waals surface area contributed by atoms with Crippen LogP contribution in [0.25, 0.3) is 0 Å². The molecule has 0 unspecified atom stereocenters. The summed E-state index contributed by atoms with van der Waals surface area (Å²) in [5, 5.41) is 8.99. The number of sulfonamides is 1. The van der Waals surface area contributed by atoms with Gasteiger partial charge in [0.2, 0.25) is 10.0 Å². The highest BCUT2D eigenvalue weighted by Gasteiger charge is 2.25. The van der Waals surface area contributed by atoms with E-state index in [0.29, 0.717) is 19.8 Å².